The Kier molecular flexibility index (Phi) is 3.06. The molecule has 1 aromatic carbocycles. The molecule has 0 bridgehead atoms. The average Bonchev–Trinajstić information content (AvgIpc) is 2.98. The van der Waals surface area contributed by atoms with Crippen LogP contribution in [0.4, 0.5) is 0 Å². The number of aromatic nitrogens is 1. The van der Waals surface area contributed by atoms with E-state index in [2.05, 4.69) is 10.1 Å². The van der Waals surface area contributed by atoms with E-state index in [1.165, 1.54) is 0 Å². The van der Waals surface area contributed by atoms with E-state index in [9.17, 15) is 4.79 Å². The van der Waals surface area contributed by atoms with Gasteiger partial charge in [0.25, 0.3) is 0 Å². The molecule has 0 saturated heterocycles. The van der Waals surface area contributed by atoms with Crippen molar-refractivity contribution in [3.8, 4) is 0 Å². The van der Waals surface area contributed by atoms with E-state index in [1.54, 1.807) is 24.5 Å². The minimum atomic E-state index is -0.0871. The molecule has 4 nitrogen and oxygen atoms in total. The van der Waals surface area contributed by atoms with Gasteiger partial charge in [-0.3, -0.25) is 9.78 Å². The molecule has 0 radical (unpaired) electrons. The van der Waals surface area contributed by atoms with Crippen LogP contribution in [-0.2, 0) is 4.84 Å². The Balaban J connectivity index is 1.75. The number of aldehydes is 1. The normalized spacial score (nSPS) is 17.7. The summed E-state index contributed by atoms with van der Waals surface area (Å²) in [6, 6.07) is 11.2. The molecule has 0 spiro atoms. The van der Waals surface area contributed by atoms with Gasteiger partial charge in [0.2, 0.25) is 0 Å². The molecule has 0 aliphatic carbocycles. The number of carbonyl (C=O) groups is 1. The Bertz CT molecular complexity index is 606. The summed E-state index contributed by atoms with van der Waals surface area (Å²) in [6.45, 7) is 0. The van der Waals surface area contributed by atoms with Gasteiger partial charge in [-0.1, -0.05) is 29.4 Å². The molecule has 0 fully saturated rings. The Morgan fingerprint density at radius 1 is 1.21 bits per heavy atom. The van der Waals surface area contributed by atoms with Crippen LogP contribution >= 0.6 is 0 Å². The summed E-state index contributed by atoms with van der Waals surface area (Å²) in [7, 11) is 0. The number of hydrogen-bond acceptors (Lipinski definition) is 4. The van der Waals surface area contributed by atoms with Crippen LogP contribution in [0.1, 0.15) is 34.0 Å². The molecule has 1 aromatic heterocycles. The van der Waals surface area contributed by atoms with Crippen LogP contribution in [0.15, 0.2) is 53.9 Å². The van der Waals surface area contributed by atoms with Crippen molar-refractivity contribution in [2.24, 2.45) is 5.16 Å². The van der Waals surface area contributed by atoms with E-state index in [0.717, 1.165) is 23.1 Å². The zero-order valence-electron chi connectivity index (χ0n) is 10.2. The maximum Gasteiger partial charge on any atom is 0.158 e. The lowest BCUT2D eigenvalue weighted by Crippen LogP contribution is -2.02. The van der Waals surface area contributed by atoms with Crippen LogP contribution in [0.2, 0.25) is 0 Å². The third-order valence-electron chi connectivity index (χ3n) is 3.11. The first-order valence-electron chi connectivity index (χ1n) is 6.05. The monoisotopic (exact) mass is 252 g/mol. The maximum atomic E-state index is 10.6. The number of oxime groups is 1. The highest BCUT2D eigenvalue weighted by Gasteiger charge is 2.23. The molecule has 3 rings (SSSR count). The second kappa shape index (κ2) is 5.02. The molecule has 1 aliphatic rings. The Morgan fingerprint density at radius 2 is 2.05 bits per heavy atom. The zero-order valence-corrected chi connectivity index (χ0v) is 10.2. The summed E-state index contributed by atoms with van der Waals surface area (Å²) in [5, 5.41) is 4.11. The SMILES string of the molecule is O=Cc1ccc(C2CC(c3cccnc3)=NO2)cc1. The molecular weight excluding hydrogens is 240 g/mol. The van der Waals surface area contributed by atoms with Crippen molar-refractivity contribution in [2.75, 3.05) is 0 Å². The van der Waals surface area contributed by atoms with E-state index in [-0.39, 0.29) is 6.10 Å². The fraction of sp³-hybridized carbons (Fsp3) is 0.133. The van der Waals surface area contributed by atoms with Gasteiger partial charge >= 0.3 is 0 Å². The number of hydrogen-bond donors (Lipinski definition) is 0. The van der Waals surface area contributed by atoms with Crippen LogP contribution in [0.5, 0.6) is 0 Å². The lowest BCUT2D eigenvalue weighted by Gasteiger charge is -2.08. The van der Waals surface area contributed by atoms with Gasteiger partial charge in [-0.2, -0.15) is 0 Å². The minimum absolute atomic E-state index is 0.0871. The van der Waals surface area contributed by atoms with E-state index < -0.39 is 0 Å². The second-order valence-electron chi connectivity index (χ2n) is 4.36. The summed E-state index contributed by atoms with van der Waals surface area (Å²) in [4.78, 5) is 20.1. The number of nitrogens with zero attached hydrogens (tertiary/aromatic N) is 2. The number of carbonyl (C=O) groups excluding carboxylic acids is 1. The maximum absolute atomic E-state index is 10.6. The first-order chi connectivity index (χ1) is 9.36. The first-order valence-corrected chi connectivity index (χ1v) is 6.05. The molecule has 19 heavy (non-hydrogen) atoms. The minimum Gasteiger partial charge on any atom is -0.387 e. The topological polar surface area (TPSA) is 51.5 Å². The van der Waals surface area contributed by atoms with E-state index in [4.69, 9.17) is 4.84 Å². The third-order valence-corrected chi connectivity index (χ3v) is 3.11. The van der Waals surface area contributed by atoms with Crippen molar-refractivity contribution in [3.05, 3.63) is 65.5 Å². The van der Waals surface area contributed by atoms with Crippen LogP contribution < -0.4 is 0 Å². The molecule has 4 heteroatoms. The van der Waals surface area contributed by atoms with Crippen molar-refractivity contribution in [1.29, 1.82) is 0 Å². The van der Waals surface area contributed by atoms with Crippen molar-refractivity contribution in [1.82, 2.24) is 4.98 Å². The van der Waals surface area contributed by atoms with Crippen molar-refractivity contribution < 1.29 is 9.63 Å². The molecule has 1 aliphatic heterocycles. The summed E-state index contributed by atoms with van der Waals surface area (Å²) >= 11 is 0. The van der Waals surface area contributed by atoms with E-state index in [0.29, 0.717) is 12.0 Å². The smallest absolute Gasteiger partial charge is 0.158 e. The first kappa shape index (κ1) is 11.6. The highest BCUT2D eigenvalue weighted by atomic mass is 16.6. The Hall–Kier alpha value is -2.49. The number of pyridine rings is 1. The number of rotatable bonds is 3. The third kappa shape index (κ3) is 2.38. The van der Waals surface area contributed by atoms with Gasteiger partial charge < -0.3 is 4.84 Å². The molecule has 2 aromatic rings. The summed E-state index contributed by atoms with van der Waals surface area (Å²) in [5.41, 5.74) is 3.57. The van der Waals surface area contributed by atoms with Gasteiger partial charge in [-0.15, -0.1) is 0 Å². The largest absolute Gasteiger partial charge is 0.387 e. The molecule has 0 saturated carbocycles. The summed E-state index contributed by atoms with van der Waals surface area (Å²) in [5.74, 6) is 0. The lowest BCUT2D eigenvalue weighted by molar-refractivity contribution is 0.0857. The molecule has 1 unspecified atom stereocenters. The van der Waals surface area contributed by atoms with Gasteiger partial charge in [0.05, 0.1) is 5.71 Å². The van der Waals surface area contributed by atoms with Gasteiger partial charge in [-0.25, -0.2) is 0 Å². The van der Waals surface area contributed by atoms with Crippen LogP contribution in [-0.4, -0.2) is 17.0 Å². The molecule has 0 N–H and O–H groups in total. The molecule has 0 amide bonds. The van der Waals surface area contributed by atoms with Crippen LogP contribution in [0.25, 0.3) is 0 Å². The Morgan fingerprint density at radius 3 is 2.74 bits per heavy atom. The van der Waals surface area contributed by atoms with Crippen LogP contribution in [0, 0.1) is 0 Å². The highest BCUT2D eigenvalue weighted by Crippen LogP contribution is 2.29. The van der Waals surface area contributed by atoms with Gasteiger partial charge in [-0.05, 0) is 17.7 Å². The van der Waals surface area contributed by atoms with Crippen molar-refractivity contribution >= 4 is 12.0 Å². The van der Waals surface area contributed by atoms with Gasteiger partial charge in [0.15, 0.2) is 6.10 Å². The summed E-state index contributed by atoms with van der Waals surface area (Å²) < 4.78 is 0. The van der Waals surface area contributed by atoms with Crippen molar-refractivity contribution in [3.63, 3.8) is 0 Å². The van der Waals surface area contributed by atoms with Crippen LogP contribution in [0.3, 0.4) is 0 Å². The summed E-state index contributed by atoms with van der Waals surface area (Å²) in [6.07, 6.45) is 4.97. The molecule has 1 atom stereocenters. The average molecular weight is 252 g/mol. The van der Waals surface area contributed by atoms with Gasteiger partial charge in [0, 0.05) is 29.9 Å². The fourth-order valence-corrected chi connectivity index (χ4v) is 2.05. The number of benzene rings is 1. The Labute approximate surface area is 110 Å². The quantitative estimate of drug-likeness (QED) is 0.789. The fourth-order valence-electron chi connectivity index (χ4n) is 2.05. The lowest BCUT2D eigenvalue weighted by atomic mass is 10.0. The van der Waals surface area contributed by atoms with Gasteiger partial charge in [0.1, 0.15) is 6.29 Å². The standard InChI is InChI=1S/C15H12N2O2/c18-10-11-3-5-12(6-4-11)15-8-14(17-19-15)13-2-1-7-16-9-13/h1-7,9-10,15H,8H2. The van der Waals surface area contributed by atoms with E-state index >= 15 is 0 Å². The predicted octanol–water partition coefficient (Wildman–Crippen LogP) is 2.76. The molecule has 2 heterocycles. The van der Waals surface area contributed by atoms with Crippen molar-refractivity contribution in [2.45, 2.75) is 12.5 Å². The van der Waals surface area contributed by atoms with E-state index in [1.807, 2.05) is 24.3 Å². The zero-order chi connectivity index (χ0) is 13.1. The predicted molar refractivity (Wildman–Crippen MR) is 71.0 cm³/mol. The highest BCUT2D eigenvalue weighted by molar-refractivity contribution is 6.01. The molecule has 94 valence electrons. The molecular formula is C15H12N2O2. The second-order valence-corrected chi connectivity index (χ2v) is 4.36.